The van der Waals surface area contributed by atoms with E-state index in [0.29, 0.717) is 17.3 Å². The fraction of sp³-hybridized carbons (Fsp3) is 0.111. The van der Waals surface area contributed by atoms with E-state index in [-0.39, 0.29) is 23.5 Å². The van der Waals surface area contributed by atoms with E-state index in [2.05, 4.69) is 26.1 Å². The van der Waals surface area contributed by atoms with E-state index >= 15 is 0 Å². The molecule has 0 spiro atoms. The van der Waals surface area contributed by atoms with Crippen LogP contribution in [0.3, 0.4) is 0 Å². The van der Waals surface area contributed by atoms with Gasteiger partial charge in [0.2, 0.25) is 17.7 Å². The molecular weight excluding hydrogens is 432 g/mol. The minimum absolute atomic E-state index is 0.0825. The summed E-state index contributed by atoms with van der Waals surface area (Å²) in [6.45, 7) is 0. The van der Waals surface area contributed by atoms with Gasteiger partial charge in [-0.15, -0.1) is 10.2 Å². The predicted molar refractivity (Wildman–Crippen MR) is 105 cm³/mol. The quantitative estimate of drug-likeness (QED) is 0.484. The third-order valence-corrected chi connectivity index (χ3v) is 5.55. The minimum atomic E-state index is -0.596. The molecule has 2 amide bonds. The Morgan fingerprint density at radius 2 is 1.78 bits per heavy atom. The number of thioether (sulfide) groups is 1. The molecule has 136 valence electrons. The molecule has 0 saturated carbocycles. The largest absolute Gasteiger partial charge is 0.411 e. The summed E-state index contributed by atoms with van der Waals surface area (Å²) in [5, 5.41) is 7.61. The smallest absolute Gasteiger partial charge is 0.277 e. The first-order valence-electron chi connectivity index (χ1n) is 8.00. The van der Waals surface area contributed by atoms with Gasteiger partial charge < -0.3 is 10.2 Å². The topological polar surface area (TPSA) is 102 Å². The van der Waals surface area contributed by atoms with Crippen LogP contribution >= 0.6 is 27.7 Å². The summed E-state index contributed by atoms with van der Waals surface area (Å²) in [4.78, 5) is 26.2. The SMILES string of the molecule is Nc1ccc(-c2nnc(SC3CC(=O)N(c4ccc(Br)cc4)C3=O)o2)cc1. The third-order valence-electron chi connectivity index (χ3n) is 4.00. The molecule has 1 aromatic heterocycles. The summed E-state index contributed by atoms with van der Waals surface area (Å²) in [5.74, 6) is -0.211. The lowest BCUT2D eigenvalue weighted by molar-refractivity contribution is -0.121. The number of hydrogen-bond donors (Lipinski definition) is 1. The fourth-order valence-electron chi connectivity index (χ4n) is 2.68. The molecule has 2 N–H and O–H groups in total. The fourth-order valence-corrected chi connectivity index (χ4v) is 3.83. The highest BCUT2D eigenvalue weighted by molar-refractivity contribution is 9.10. The molecule has 2 heterocycles. The monoisotopic (exact) mass is 444 g/mol. The zero-order chi connectivity index (χ0) is 19.0. The molecule has 9 heteroatoms. The average Bonchev–Trinajstić information content (AvgIpc) is 3.22. The molecule has 1 fully saturated rings. The van der Waals surface area contributed by atoms with Crippen LogP contribution in [0, 0.1) is 0 Å². The Labute approximate surface area is 167 Å². The van der Waals surface area contributed by atoms with Gasteiger partial charge in [-0.3, -0.25) is 9.59 Å². The molecule has 4 rings (SSSR count). The van der Waals surface area contributed by atoms with E-state index in [0.717, 1.165) is 21.8 Å². The van der Waals surface area contributed by atoms with Crippen LogP contribution in [0.1, 0.15) is 6.42 Å². The summed E-state index contributed by atoms with van der Waals surface area (Å²) in [7, 11) is 0. The van der Waals surface area contributed by atoms with Gasteiger partial charge in [-0.2, -0.15) is 0 Å². The number of benzene rings is 2. The molecule has 2 aromatic carbocycles. The molecule has 1 saturated heterocycles. The first-order valence-corrected chi connectivity index (χ1v) is 9.67. The molecule has 0 radical (unpaired) electrons. The number of amides is 2. The summed E-state index contributed by atoms with van der Waals surface area (Å²) >= 11 is 4.44. The van der Waals surface area contributed by atoms with Gasteiger partial charge in [0.1, 0.15) is 5.25 Å². The lowest BCUT2D eigenvalue weighted by Gasteiger charge is -2.14. The number of nitrogen functional groups attached to an aromatic ring is 1. The van der Waals surface area contributed by atoms with Gasteiger partial charge in [-0.25, -0.2) is 4.90 Å². The normalized spacial score (nSPS) is 16.9. The molecule has 1 aliphatic heterocycles. The summed E-state index contributed by atoms with van der Waals surface area (Å²) in [6.07, 6.45) is 0.0825. The van der Waals surface area contributed by atoms with Crippen molar-refractivity contribution in [3.8, 4) is 11.5 Å². The molecular formula is C18H13BrN4O3S. The van der Waals surface area contributed by atoms with Crippen molar-refractivity contribution < 1.29 is 14.0 Å². The zero-order valence-corrected chi connectivity index (χ0v) is 16.2. The molecule has 7 nitrogen and oxygen atoms in total. The van der Waals surface area contributed by atoms with Gasteiger partial charge in [0.05, 0.1) is 5.69 Å². The van der Waals surface area contributed by atoms with Crippen molar-refractivity contribution >= 4 is 50.9 Å². The van der Waals surface area contributed by atoms with E-state index in [1.807, 2.05) is 0 Å². The van der Waals surface area contributed by atoms with Gasteiger partial charge in [0, 0.05) is 22.1 Å². The number of nitrogens with two attached hydrogens (primary N) is 1. The minimum Gasteiger partial charge on any atom is -0.411 e. The van der Waals surface area contributed by atoms with Gasteiger partial charge in [0.15, 0.2) is 0 Å². The summed E-state index contributed by atoms with van der Waals surface area (Å²) in [6, 6.07) is 14.0. The Kier molecular flexibility index (Phi) is 4.71. The second-order valence-corrected chi connectivity index (χ2v) is 7.92. The number of carbonyl (C=O) groups excluding carboxylic acids is 2. The van der Waals surface area contributed by atoms with E-state index in [1.54, 1.807) is 48.5 Å². The maximum absolute atomic E-state index is 12.7. The lowest BCUT2D eigenvalue weighted by atomic mass is 10.2. The highest BCUT2D eigenvalue weighted by Gasteiger charge is 2.41. The van der Waals surface area contributed by atoms with Crippen molar-refractivity contribution in [1.29, 1.82) is 0 Å². The third kappa shape index (κ3) is 3.60. The van der Waals surface area contributed by atoms with Crippen LogP contribution < -0.4 is 10.6 Å². The Balaban J connectivity index is 1.50. The Morgan fingerprint density at radius 1 is 1.07 bits per heavy atom. The van der Waals surface area contributed by atoms with Gasteiger partial charge in [0.25, 0.3) is 5.22 Å². The second kappa shape index (κ2) is 7.16. The standard InChI is InChI=1S/C18H13BrN4O3S/c19-11-3-7-13(8-4-11)23-15(24)9-14(17(23)25)27-18-22-21-16(26-18)10-1-5-12(20)6-2-10/h1-8,14H,9,20H2. The average molecular weight is 445 g/mol. The molecule has 27 heavy (non-hydrogen) atoms. The lowest BCUT2D eigenvalue weighted by Crippen LogP contribution is -2.31. The van der Waals surface area contributed by atoms with Crippen molar-refractivity contribution in [1.82, 2.24) is 10.2 Å². The second-order valence-electron chi connectivity index (χ2n) is 5.85. The van der Waals surface area contributed by atoms with Gasteiger partial charge >= 0.3 is 0 Å². The molecule has 0 bridgehead atoms. The maximum Gasteiger partial charge on any atom is 0.277 e. The molecule has 3 aromatic rings. The van der Waals surface area contributed by atoms with Crippen LogP contribution in [0.2, 0.25) is 0 Å². The maximum atomic E-state index is 12.7. The van der Waals surface area contributed by atoms with Crippen LogP contribution in [-0.4, -0.2) is 27.3 Å². The first-order chi connectivity index (χ1) is 13.0. The summed E-state index contributed by atoms with van der Waals surface area (Å²) < 4.78 is 6.50. The van der Waals surface area contributed by atoms with E-state index < -0.39 is 5.25 Å². The van der Waals surface area contributed by atoms with Crippen LogP contribution in [0.4, 0.5) is 11.4 Å². The van der Waals surface area contributed by atoms with E-state index in [1.165, 1.54) is 4.90 Å². The number of imide groups is 1. The van der Waals surface area contributed by atoms with Crippen molar-refractivity contribution in [3.05, 3.63) is 53.0 Å². The number of carbonyl (C=O) groups is 2. The molecule has 1 unspecified atom stereocenters. The number of rotatable bonds is 4. The first kappa shape index (κ1) is 17.7. The summed E-state index contributed by atoms with van der Waals surface area (Å²) in [5.41, 5.74) is 7.58. The van der Waals surface area contributed by atoms with Gasteiger partial charge in [-0.05, 0) is 48.5 Å². The Morgan fingerprint density at radius 3 is 2.48 bits per heavy atom. The number of aromatic nitrogens is 2. The number of halogens is 1. The molecule has 0 aliphatic carbocycles. The van der Waals surface area contributed by atoms with E-state index in [4.69, 9.17) is 10.2 Å². The van der Waals surface area contributed by atoms with Crippen LogP contribution in [0.15, 0.2) is 62.6 Å². The van der Waals surface area contributed by atoms with Crippen LogP contribution in [0.25, 0.3) is 11.5 Å². The number of hydrogen-bond acceptors (Lipinski definition) is 7. The van der Waals surface area contributed by atoms with Crippen LogP contribution in [0.5, 0.6) is 0 Å². The van der Waals surface area contributed by atoms with Crippen molar-refractivity contribution in [2.24, 2.45) is 0 Å². The van der Waals surface area contributed by atoms with Crippen molar-refractivity contribution in [2.75, 3.05) is 10.6 Å². The molecule has 1 aliphatic rings. The zero-order valence-electron chi connectivity index (χ0n) is 13.8. The predicted octanol–water partition coefficient (Wildman–Crippen LogP) is 3.51. The van der Waals surface area contributed by atoms with Crippen LogP contribution in [-0.2, 0) is 9.59 Å². The van der Waals surface area contributed by atoms with E-state index in [9.17, 15) is 9.59 Å². The number of nitrogens with zero attached hydrogens (tertiary/aromatic N) is 3. The molecule has 1 atom stereocenters. The highest BCUT2D eigenvalue weighted by Crippen LogP contribution is 2.34. The highest BCUT2D eigenvalue weighted by atomic mass is 79.9. The van der Waals surface area contributed by atoms with Gasteiger partial charge in [-0.1, -0.05) is 27.7 Å². The van der Waals surface area contributed by atoms with Crippen molar-refractivity contribution in [2.45, 2.75) is 16.9 Å². The Hall–Kier alpha value is -2.65. The number of anilines is 2. The Bertz CT molecular complexity index is 1000. The van der Waals surface area contributed by atoms with Crippen molar-refractivity contribution in [3.63, 3.8) is 0 Å².